The molecule has 0 aromatic rings. The molecule has 0 saturated carbocycles. The van der Waals surface area contributed by atoms with E-state index in [9.17, 15) is 0 Å². The molecule has 0 amide bonds. The first-order chi connectivity index (χ1) is 5.81. The standard InChI is InChI=1S/C10H21IO/c1-3-9-12-10(2)7-5-4-6-8-11/h10H,3-9H2,1-2H3/t10-/m0/s1. The number of hydrogen-bond acceptors (Lipinski definition) is 1. The van der Waals surface area contributed by atoms with Crippen LogP contribution in [0.5, 0.6) is 0 Å². The van der Waals surface area contributed by atoms with E-state index in [1.54, 1.807) is 0 Å². The Labute approximate surface area is 90.4 Å². The first-order valence-electron chi connectivity index (χ1n) is 4.98. The molecular formula is C10H21IO. The first-order valence-corrected chi connectivity index (χ1v) is 6.51. The average molecular weight is 284 g/mol. The van der Waals surface area contributed by atoms with Gasteiger partial charge in [-0.2, -0.15) is 0 Å². The van der Waals surface area contributed by atoms with Crippen molar-refractivity contribution in [1.82, 2.24) is 0 Å². The molecule has 0 spiro atoms. The highest BCUT2D eigenvalue weighted by Gasteiger charge is 1.99. The maximum absolute atomic E-state index is 5.57. The van der Waals surface area contributed by atoms with Crippen LogP contribution in [0.25, 0.3) is 0 Å². The fraction of sp³-hybridized carbons (Fsp3) is 1.00. The Morgan fingerprint density at radius 3 is 2.58 bits per heavy atom. The van der Waals surface area contributed by atoms with Gasteiger partial charge in [0.15, 0.2) is 0 Å². The van der Waals surface area contributed by atoms with Crippen molar-refractivity contribution < 1.29 is 4.74 Å². The van der Waals surface area contributed by atoms with Crippen molar-refractivity contribution in [3.05, 3.63) is 0 Å². The van der Waals surface area contributed by atoms with Crippen molar-refractivity contribution in [1.29, 1.82) is 0 Å². The average Bonchev–Trinajstić information content (AvgIpc) is 2.09. The fourth-order valence-corrected chi connectivity index (χ4v) is 1.64. The fourth-order valence-electron chi connectivity index (χ4n) is 1.11. The Hall–Kier alpha value is 0.690. The van der Waals surface area contributed by atoms with Crippen LogP contribution in [0, 0.1) is 0 Å². The Kier molecular flexibility index (Phi) is 10.3. The second-order valence-electron chi connectivity index (χ2n) is 3.22. The van der Waals surface area contributed by atoms with Crippen LogP contribution >= 0.6 is 22.6 Å². The minimum absolute atomic E-state index is 0.471. The number of unbranched alkanes of at least 4 members (excludes halogenated alkanes) is 2. The molecule has 0 saturated heterocycles. The summed E-state index contributed by atoms with van der Waals surface area (Å²) in [6, 6.07) is 0. The van der Waals surface area contributed by atoms with Crippen molar-refractivity contribution in [2.45, 2.75) is 52.1 Å². The van der Waals surface area contributed by atoms with Crippen LogP contribution in [0.15, 0.2) is 0 Å². The normalized spacial score (nSPS) is 13.2. The molecule has 74 valence electrons. The van der Waals surface area contributed by atoms with Gasteiger partial charge in [0.2, 0.25) is 0 Å². The molecule has 0 aliphatic heterocycles. The predicted molar refractivity (Wildman–Crippen MR) is 63.1 cm³/mol. The molecule has 0 rings (SSSR count). The third-order valence-corrected chi connectivity index (χ3v) is 2.61. The third kappa shape index (κ3) is 8.78. The Morgan fingerprint density at radius 2 is 2.00 bits per heavy atom. The van der Waals surface area contributed by atoms with Crippen molar-refractivity contribution >= 4 is 22.6 Å². The molecule has 0 heterocycles. The second kappa shape index (κ2) is 9.78. The van der Waals surface area contributed by atoms with Crippen LogP contribution in [0.1, 0.15) is 46.0 Å². The highest BCUT2D eigenvalue weighted by molar-refractivity contribution is 14.1. The van der Waals surface area contributed by atoms with Gasteiger partial charge in [-0.15, -0.1) is 0 Å². The number of ether oxygens (including phenoxy) is 1. The van der Waals surface area contributed by atoms with E-state index in [0.29, 0.717) is 6.10 Å². The minimum atomic E-state index is 0.471. The Morgan fingerprint density at radius 1 is 1.25 bits per heavy atom. The smallest absolute Gasteiger partial charge is 0.0547 e. The third-order valence-electron chi connectivity index (χ3n) is 1.85. The van der Waals surface area contributed by atoms with E-state index in [0.717, 1.165) is 13.0 Å². The van der Waals surface area contributed by atoms with Gasteiger partial charge in [-0.05, 0) is 30.6 Å². The van der Waals surface area contributed by atoms with Crippen molar-refractivity contribution in [2.24, 2.45) is 0 Å². The molecule has 0 N–H and O–H groups in total. The summed E-state index contributed by atoms with van der Waals surface area (Å²) in [5.41, 5.74) is 0. The topological polar surface area (TPSA) is 9.23 Å². The molecule has 0 radical (unpaired) electrons. The van der Waals surface area contributed by atoms with Gasteiger partial charge in [0.1, 0.15) is 0 Å². The Balaban J connectivity index is 3.02. The number of halogens is 1. The van der Waals surface area contributed by atoms with E-state index in [4.69, 9.17) is 4.74 Å². The second-order valence-corrected chi connectivity index (χ2v) is 4.30. The summed E-state index contributed by atoms with van der Waals surface area (Å²) in [6.07, 6.45) is 6.89. The largest absolute Gasteiger partial charge is 0.379 e. The van der Waals surface area contributed by atoms with Crippen LogP contribution in [-0.2, 0) is 4.74 Å². The molecule has 1 atom stereocenters. The van der Waals surface area contributed by atoms with E-state index in [1.807, 2.05) is 0 Å². The minimum Gasteiger partial charge on any atom is -0.379 e. The number of alkyl halides is 1. The van der Waals surface area contributed by atoms with Gasteiger partial charge in [0, 0.05) is 6.61 Å². The quantitative estimate of drug-likeness (QED) is 0.374. The van der Waals surface area contributed by atoms with Crippen LogP contribution in [0.3, 0.4) is 0 Å². The lowest BCUT2D eigenvalue weighted by Crippen LogP contribution is -2.08. The molecule has 0 aliphatic carbocycles. The monoisotopic (exact) mass is 284 g/mol. The predicted octanol–water partition coefficient (Wildman–Crippen LogP) is 3.80. The summed E-state index contributed by atoms with van der Waals surface area (Å²) in [5.74, 6) is 0. The van der Waals surface area contributed by atoms with Gasteiger partial charge in [0.25, 0.3) is 0 Å². The zero-order valence-electron chi connectivity index (χ0n) is 8.31. The lowest BCUT2D eigenvalue weighted by atomic mass is 10.1. The van der Waals surface area contributed by atoms with Crippen molar-refractivity contribution in [2.75, 3.05) is 11.0 Å². The maximum Gasteiger partial charge on any atom is 0.0547 e. The molecule has 1 nitrogen and oxygen atoms in total. The summed E-state index contributed by atoms with van der Waals surface area (Å²) >= 11 is 2.44. The highest BCUT2D eigenvalue weighted by atomic mass is 127. The SMILES string of the molecule is CCCO[C@@H](C)CCCCCI. The van der Waals surface area contributed by atoms with E-state index < -0.39 is 0 Å². The van der Waals surface area contributed by atoms with Gasteiger partial charge < -0.3 is 4.74 Å². The molecule has 2 heteroatoms. The van der Waals surface area contributed by atoms with Crippen LogP contribution in [0.2, 0.25) is 0 Å². The van der Waals surface area contributed by atoms with Crippen molar-refractivity contribution in [3.63, 3.8) is 0 Å². The zero-order valence-corrected chi connectivity index (χ0v) is 10.5. The van der Waals surface area contributed by atoms with Gasteiger partial charge in [0.05, 0.1) is 6.10 Å². The first kappa shape index (κ1) is 12.7. The lowest BCUT2D eigenvalue weighted by molar-refractivity contribution is 0.0590. The number of rotatable bonds is 8. The molecule has 0 aromatic heterocycles. The summed E-state index contributed by atoms with van der Waals surface area (Å²) < 4.78 is 6.86. The maximum atomic E-state index is 5.57. The molecule has 0 unspecified atom stereocenters. The van der Waals surface area contributed by atoms with Crippen molar-refractivity contribution in [3.8, 4) is 0 Å². The van der Waals surface area contributed by atoms with E-state index >= 15 is 0 Å². The lowest BCUT2D eigenvalue weighted by Gasteiger charge is -2.11. The van der Waals surface area contributed by atoms with E-state index in [-0.39, 0.29) is 0 Å². The van der Waals surface area contributed by atoms with E-state index in [1.165, 1.54) is 30.1 Å². The van der Waals surface area contributed by atoms with Crippen LogP contribution in [-0.4, -0.2) is 17.1 Å². The molecular weight excluding hydrogens is 263 g/mol. The molecule has 12 heavy (non-hydrogen) atoms. The Bertz CT molecular complexity index is 85.9. The molecule has 0 aliphatic rings. The molecule has 0 aromatic carbocycles. The summed E-state index contributed by atoms with van der Waals surface area (Å²) in [5, 5.41) is 0. The molecule has 0 bridgehead atoms. The van der Waals surface area contributed by atoms with Gasteiger partial charge in [-0.3, -0.25) is 0 Å². The summed E-state index contributed by atoms with van der Waals surface area (Å²) in [6.45, 7) is 5.26. The number of hydrogen-bond donors (Lipinski definition) is 0. The summed E-state index contributed by atoms with van der Waals surface area (Å²) in [7, 11) is 0. The van der Waals surface area contributed by atoms with E-state index in [2.05, 4.69) is 36.4 Å². The zero-order chi connectivity index (χ0) is 9.23. The van der Waals surface area contributed by atoms with Crippen LogP contribution in [0.4, 0.5) is 0 Å². The summed E-state index contributed by atoms with van der Waals surface area (Å²) in [4.78, 5) is 0. The van der Waals surface area contributed by atoms with Crippen LogP contribution < -0.4 is 0 Å². The molecule has 0 fully saturated rings. The van der Waals surface area contributed by atoms with Gasteiger partial charge in [-0.1, -0.05) is 42.4 Å². The highest BCUT2D eigenvalue weighted by Crippen LogP contribution is 2.07. The van der Waals surface area contributed by atoms with Gasteiger partial charge in [-0.25, -0.2) is 0 Å². The van der Waals surface area contributed by atoms with Gasteiger partial charge >= 0.3 is 0 Å².